The number of aryl methyl sites for hydroxylation is 1. The second kappa shape index (κ2) is 7.24. The monoisotopic (exact) mass is 426 g/mol. The van der Waals surface area contributed by atoms with Gasteiger partial charge in [0.25, 0.3) is 5.56 Å². The lowest BCUT2D eigenvalue weighted by atomic mass is 9.98. The molecule has 1 saturated carbocycles. The Hall–Kier alpha value is -3.20. The van der Waals surface area contributed by atoms with Crippen LogP contribution in [-0.2, 0) is 13.6 Å². The van der Waals surface area contributed by atoms with E-state index in [-0.39, 0.29) is 24.0 Å². The number of nitrogens with zero attached hydrogens (tertiary/aromatic N) is 6. The minimum absolute atomic E-state index is 0.0303. The van der Waals surface area contributed by atoms with Crippen LogP contribution in [0, 0.1) is 0 Å². The summed E-state index contributed by atoms with van der Waals surface area (Å²) in [5, 5.41) is 5.08. The predicted molar refractivity (Wildman–Crippen MR) is 110 cm³/mol. The zero-order chi connectivity index (χ0) is 20.8. The molecule has 3 heterocycles. The zero-order valence-corrected chi connectivity index (χ0v) is 17.0. The van der Waals surface area contributed by atoms with E-state index in [1.54, 1.807) is 11.6 Å². The van der Waals surface area contributed by atoms with Crippen molar-refractivity contribution < 1.29 is 4.42 Å². The van der Waals surface area contributed by atoms with Gasteiger partial charge in [-0.15, -0.1) is 5.10 Å². The van der Waals surface area contributed by atoms with E-state index in [2.05, 4.69) is 15.1 Å². The Kier molecular flexibility index (Phi) is 4.54. The van der Waals surface area contributed by atoms with Crippen LogP contribution in [0.1, 0.15) is 42.7 Å². The predicted octanol–water partition coefficient (Wildman–Crippen LogP) is 2.49. The van der Waals surface area contributed by atoms with Crippen molar-refractivity contribution in [3.8, 4) is 0 Å². The second-order valence-corrected chi connectivity index (χ2v) is 8.06. The molecule has 0 amide bonds. The van der Waals surface area contributed by atoms with E-state index < -0.39 is 5.76 Å². The number of aromatic nitrogens is 6. The van der Waals surface area contributed by atoms with Gasteiger partial charge in [-0.2, -0.15) is 4.68 Å². The zero-order valence-electron chi connectivity index (χ0n) is 16.2. The number of rotatable bonds is 4. The van der Waals surface area contributed by atoms with Crippen LogP contribution >= 0.6 is 11.6 Å². The summed E-state index contributed by atoms with van der Waals surface area (Å²) in [6.07, 6.45) is 5.53. The fourth-order valence-corrected chi connectivity index (χ4v) is 4.30. The van der Waals surface area contributed by atoms with Crippen LogP contribution in [0.25, 0.3) is 11.2 Å². The molecular weight excluding hydrogens is 408 g/mol. The molecule has 30 heavy (non-hydrogen) atoms. The topological polar surface area (TPSA) is 101 Å². The maximum atomic E-state index is 12.7. The minimum atomic E-state index is -0.505. The van der Waals surface area contributed by atoms with Gasteiger partial charge in [0, 0.05) is 12.1 Å². The van der Waals surface area contributed by atoms with Gasteiger partial charge in [0.2, 0.25) is 5.89 Å². The molecule has 0 unspecified atom stereocenters. The Morgan fingerprint density at radius 3 is 2.70 bits per heavy atom. The summed E-state index contributed by atoms with van der Waals surface area (Å²) in [7, 11) is 1.73. The fourth-order valence-electron chi connectivity index (χ4n) is 4.17. The summed E-state index contributed by atoms with van der Waals surface area (Å²) in [6.45, 7) is 0.0303. The molecule has 1 aliphatic rings. The highest BCUT2D eigenvalue weighted by molar-refractivity contribution is 6.30. The quantitative estimate of drug-likeness (QED) is 0.497. The number of benzene rings is 1. The first-order valence-corrected chi connectivity index (χ1v) is 10.1. The Morgan fingerprint density at radius 1 is 1.13 bits per heavy atom. The summed E-state index contributed by atoms with van der Waals surface area (Å²) in [6, 6.07) is 7.79. The van der Waals surface area contributed by atoms with Crippen molar-refractivity contribution in [2.45, 2.75) is 37.8 Å². The molecule has 10 heteroatoms. The van der Waals surface area contributed by atoms with Gasteiger partial charge in [-0.1, -0.05) is 23.7 Å². The van der Waals surface area contributed by atoms with Crippen LogP contribution in [0.4, 0.5) is 0 Å². The van der Waals surface area contributed by atoms with Gasteiger partial charge in [-0.05, 0) is 42.9 Å². The first kappa shape index (κ1) is 18.8. The SMILES string of the molecule is Cn1cnc2ncn(Cc3nn([C@@H]4CC[C@@H](c5ccc(Cl)cc5)C4)c(=O)o3)c(=O)c21. The van der Waals surface area contributed by atoms with E-state index in [0.29, 0.717) is 22.1 Å². The van der Waals surface area contributed by atoms with Crippen molar-refractivity contribution >= 4 is 22.8 Å². The maximum Gasteiger partial charge on any atom is 0.437 e. The molecule has 5 rings (SSSR count). The van der Waals surface area contributed by atoms with Crippen molar-refractivity contribution in [2.75, 3.05) is 0 Å². The lowest BCUT2D eigenvalue weighted by Crippen LogP contribution is -2.23. The van der Waals surface area contributed by atoms with E-state index >= 15 is 0 Å². The van der Waals surface area contributed by atoms with E-state index in [1.165, 1.54) is 27.5 Å². The number of hydrogen-bond donors (Lipinski definition) is 0. The molecule has 1 aromatic carbocycles. The Labute approximate surface area is 175 Å². The standard InChI is InChI=1S/C20H19ClN6O3/c1-25-10-22-18-17(25)19(28)26(11-23-18)9-16-24-27(20(29)30-16)15-7-4-13(8-15)12-2-5-14(21)6-3-12/h2-3,5-6,10-11,13,15H,4,7-9H2,1H3/t13-,15-/m1/s1. The van der Waals surface area contributed by atoms with Crippen LogP contribution in [0.5, 0.6) is 0 Å². The summed E-state index contributed by atoms with van der Waals surface area (Å²) in [5.74, 6) is 0.0214. The average molecular weight is 427 g/mol. The van der Waals surface area contributed by atoms with Crippen LogP contribution in [0.2, 0.25) is 5.02 Å². The lowest BCUT2D eigenvalue weighted by molar-refractivity contribution is 0.401. The third-order valence-electron chi connectivity index (χ3n) is 5.71. The van der Waals surface area contributed by atoms with Gasteiger partial charge in [-0.3, -0.25) is 9.36 Å². The molecule has 0 aliphatic heterocycles. The molecule has 1 fully saturated rings. The van der Waals surface area contributed by atoms with E-state index in [4.69, 9.17) is 16.0 Å². The van der Waals surface area contributed by atoms with Crippen LogP contribution in [0.15, 0.2) is 50.9 Å². The van der Waals surface area contributed by atoms with Crippen molar-refractivity contribution in [1.29, 1.82) is 0 Å². The highest BCUT2D eigenvalue weighted by Gasteiger charge is 2.30. The molecule has 0 N–H and O–H groups in total. The van der Waals surface area contributed by atoms with Gasteiger partial charge in [0.1, 0.15) is 12.9 Å². The minimum Gasteiger partial charge on any atom is -0.390 e. The van der Waals surface area contributed by atoms with Crippen LogP contribution < -0.4 is 11.3 Å². The number of fused-ring (bicyclic) bond motifs is 1. The molecule has 0 saturated heterocycles. The van der Waals surface area contributed by atoms with E-state index in [9.17, 15) is 9.59 Å². The van der Waals surface area contributed by atoms with Gasteiger partial charge < -0.3 is 8.98 Å². The lowest BCUT2D eigenvalue weighted by Gasteiger charge is -2.11. The van der Waals surface area contributed by atoms with E-state index in [1.807, 2.05) is 24.3 Å². The fraction of sp³-hybridized carbons (Fsp3) is 0.350. The molecular formula is C20H19ClN6O3. The normalized spacial score (nSPS) is 19.0. The first-order valence-electron chi connectivity index (χ1n) is 9.70. The molecule has 4 aromatic rings. The molecule has 3 aromatic heterocycles. The van der Waals surface area contributed by atoms with Gasteiger partial charge in [-0.25, -0.2) is 14.8 Å². The second-order valence-electron chi connectivity index (χ2n) is 7.63. The summed E-state index contributed by atoms with van der Waals surface area (Å²) in [5.41, 5.74) is 1.72. The van der Waals surface area contributed by atoms with Crippen molar-refractivity contribution in [1.82, 2.24) is 28.9 Å². The van der Waals surface area contributed by atoms with Gasteiger partial charge >= 0.3 is 5.76 Å². The molecule has 154 valence electrons. The van der Waals surface area contributed by atoms with Crippen LogP contribution in [-0.4, -0.2) is 28.9 Å². The van der Waals surface area contributed by atoms with Crippen molar-refractivity contribution in [3.63, 3.8) is 0 Å². The Morgan fingerprint density at radius 2 is 1.90 bits per heavy atom. The Bertz CT molecular complexity index is 1330. The number of hydrogen-bond acceptors (Lipinski definition) is 6. The van der Waals surface area contributed by atoms with E-state index in [0.717, 1.165) is 19.3 Å². The molecule has 1 aliphatic carbocycles. The average Bonchev–Trinajstić information content (AvgIpc) is 3.44. The van der Waals surface area contributed by atoms with Crippen molar-refractivity contribution in [2.24, 2.45) is 7.05 Å². The van der Waals surface area contributed by atoms with Gasteiger partial charge in [0.15, 0.2) is 11.2 Å². The molecule has 9 nitrogen and oxygen atoms in total. The Balaban J connectivity index is 1.37. The smallest absolute Gasteiger partial charge is 0.390 e. The summed E-state index contributed by atoms with van der Waals surface area (Å²) in [4.78, 5) is 33.4. The third kappa shape index (κ3) is 3.24. The number of imidazole rings is 1. The molecule has 0 spiro atoms. The van der Waals surface area contributed by atoms with Crippen molar-refractivity contribution in [3.05, 3.63) is 74.3 Å². The summed E-state index contributed by atoms with van der Waals surface area (Å²) < 4.78 is 9.73. The first-order chi connectivity index (χ1) is 14.5. The molecule has 0 bridgehead atoms. The summed E-state index contributed by atoms with van der Waals surface area (Å²) >= 11 is 5.98. The maximum absolute atomic E-state index is 12.7. The highest BCUT2D eigenvalue weighted by atomic mass is 35.5. The van der Waals surface area contributed by atoms with Gasteiger partial charge in [0.05, 0.1) is 12.4 Å². The largest absolute Gasteiger partial charge is 0.437 e. The van der Waals surface area contributed by atoms with Crippen LogP contribution in [0.3, 0.4) is 0 Å². The third-order valence-corrected chi connectivity index (χ3v) is 5.96. The molecule has 0 radical (unpaired) electrons. The highest BCUT2D eigenvalue weighted by Crippen LogP contribution is 2.40. The molecule has 2 atom stereocenters. The number of halogens is 1.